The average Bonchev–Trinajstić information content (AvgIpc) is 2.99. The largest absolute Gasteiger partial charge is 0.348 e. The molecule has 0 atom stereocenters. The van der Waals surface area contributed by atoms with Crippen LogP contribution < -0.4 is 10.5 Å². The monoisotopic (exact) mass is 330 g/mol. The Morgan fingerprint density at radius 3 is 2.87 bits per heavy atom. The molecule has 0 radical (unpaired) electrons. The highest BCUT2D eigenvalue weighted by Gasteiger charge is 2.10. The molecule has 4 N–H and O–H groups in total. The van der Waals surface area contributed by atoms with Gasteiger partial charge in [0.1, 0.15) is 5.65 Å². The molecule has 0 fully saturated rings. The number of hydrogen-bond acceptors (Lipinski definition) is 4. The van der Waals surface area contributed by atoms with Crippen molar-refractivity contribution in [1.29, 1.82) is 0 Å². The minimum atomic E-state index is -3.76. The third-order valence-corrected chi connectivity index (χ3v) is 4.25. The van der Waals surface area contributed by atoms with Crippen LogP contribution in [0.3, 0.4) is 0 Å². The molecule has 0 aliphatic rings. The van der Waals surface area contributed by atoms with Crippen LogP contribution in [0.4, 0.5) is 0 Å². The summed E-state index contributed by atoms with van der Waals surface area (Å²) in [5, 5.41) is 8.66. The number of H-pyrrole nitrogens is 1. The Labute approximate surface area is 132 Å². The van der Waals surface area contributed by atoms with Crippen molar-refractivity contribution < 1.29 is 13.2 Å². The van der Waals surface area contributed by atoms with Gasteiger partial charge in [0.2, 0.25) is 10.0 Å². The van der Waals surface area contributed by atoms with E-state index in [2.05, 4.69) is 15.3 Å². The minimum Gasteiger partial charge on any atom is -0.348 e. The maximum Gasteiger partial charge on any atom is 0.253 e. The van der Waals surface area contributed by atoms with Gasteiger partial charge in [-0.05, 0) is 29.8 Å². The van der Waals surface area contributed by atoms with Gasteiger partial charge >= 0.3 is 0 Å². The van der Waals surface area contributed by atoms with E-state index in [1.807, 2.05) is 6.07 Å². The minimum absolute atomic E-state index is 0.0136. The number of aromatic nitrogens is 2. The molecule has 1 aromatic carbocycles. The summed E-state index contributed by atoms with van der Waals surface area (Å²) in [6, 6.07) is 9.69. The van der Waals surface area contributed by atoms with Crippen LogP contribution in [0.15, 0.2) is 53.7 Å². The Balaban J connectivity index is 1.73. The molecule has 7 nitrogen and oxygen atoms in total. The first-order valence-electron chi connectivity index (χ1n) is 6.76. The molecule has 0 aliphatic heterocycles. The number of amides is 1. The molecular formula is C15H14N4O3S. The fourth-order valence-corrected chi connectivity index (χ4v) is 2.76. The van der Waals surface area contributed by atoms with Crippen molar-refractivity contribution in [3.05, 3.63) is 59.9 Å². The summed E-state index contributed by atoms with van der Waals surface area (Å²) < 4.78 is 22.6. The molecule has 2 aromatic heterocycles. The van der Waals surface area contributed by atoms with Crippen LogP contribution in [-0.4, -0.2) is 24.3 Å². The molecule has 2 heterocycles. The molecule has 3 aromatic rings. The van der Waals surface area contributed by atoms with Gasteiger partial charge in [-0.25, -0.2) is 18.5 Å². The zero-order valence-electron chi connectivity index (χ0n) is 12.0. The molecule has 3 rings (SSSR count). The van der Waals surface area contributed by atoms with Crippen molar-refractivity contribution in [2.75, 3.05) is 0 Å². The molecule has 0 bridgehead atoms. The van der Waals surface area contributed by atoms with Gasteiger partial charge < -0.3 is 10.3 Å². The molecule has 0 aliphatic carbocycles. The predicted octanol–water partition coefficient (Wildman–Crippen LogP) is 1.14. The van der Waals surface area contributed by atoms with Crippen LogP contribution >= 0.6 is 0 Å². The number of rotatable bonds is 4. The second-order valence-corrected chi connectivity index (χ2v) is 6.58. The summed E-state index contributed by atoms with van der Waals surface area (Å²) in [6.45, 7) is 0.188. The standard InChI is InChI=1S/C15H14N4O3S/c16-23(21,22)13-3-1-2-10(6-13)8-19-15(20)12-7-11-4-5-17-14(11)18-9-12/h1-7,9H,8H2,(H,17,18)(H,19,20)(H2,16,21,22). The van der Waals surface area contributed by atoms with Gasteiger partial charge in [-0.2, -0.15) is 0 Å². The van der Waals surface area contributed by atoms with Crippen molar-refractivity contribution in [2.24, 2.45) is 5.14 Å². The number of aromatic amines is 1. The molecule has 0 saturated carbocycles. The van der Waals surface area contributed by atoms with Crippen LogP contribution in [0.2, 0.25) is 0 Å². The zero-order chi connectivity index (χ0) is 16.4. The van der Waals surface area contributed by atoms with Crippen molar-refractivity contribution in [1.82, 2.24) is 15.3 Å². The molecule has 8 heteroatoms. The van der Waals surface area contributed by atoms with E-state index in [0.717, 1.165) is 5.39 Å². The van der Waals surface area contributed by atoms with Gasteiger partial charge in [-0.1, -0.05) is 12.1 Å². The van der Waals surface area contributed by atoms with E-state index in [1.165, 1.54) is 18.3 Å². The Morgan fingerprint density at radius 2 is 2.09 bits per heavy atom. The lowest BCUT2D eigenvalue weighted by atomic mass is 10.2. The summed E-state index contributed by atoms with van der Waals surface area (Å²) in [5.41, 5.74) is 1.78. The lowest BCUT2D eigenvalue weighted by Gasteiger charge is -2.07. The van der Waals surface area contributed by atoms with Gasteiger partial charge in [-0.3, -0.25) is 4.79 Å². The number of nitrogens with one attached hydrogen (secondary N) is 2. The molecule has 0 spiro atoms. The fraction of sp³-hybridized carbons (Fsp3) is 0.0667. The number of hydrogen-bond donors (Lipinski definition) is 3. The molecular weight excluding hydrogens is 316 g/mol. The van der Waals surface area contributed by atoms with E-state index in [-0.39, 0.29) is 17.3 Å². The quantitative estimate of drug-likeness (QED) is 0.664. The highest BCUT2D eigenvalue weighted by Crippen LogP contribution is 2.12. The second-order valence-electron chi connectivity index (χ2n) is 5.01. The predicted molar refractivity (Wildman–Crippen MR) is 85.1 cm³/mol. The Kier molecular flexibility index (Phi) is 3.85. The zero-order valence-corrected chi connectivity index (χ0v) is 12.8. The van der Waals surface area contributed by atoms with Crippen LogP contribution in [0.25, 0.3) is 11.0 Å². The van der Waals surface area contributed by atoms with Crippen molar-refractivity contribution >= 4 is 27.0 Å². The summed E-state index contributed by atoms with van der Waals surface area (Å²) >= 11 is 0. The number of benzene rings is 1. The number of fused-ring (bicyclic) bond motifs is 1. The maximum absolute atomic E-state index is 12.2. The average molecular weight is 330 g/mol. The van der Waals surface area contributed by atoms with Gasteiger partial charge in [-0.15, -0.1) is 0 Å². The molecule has 118 valence electrons. The number of nitrogens with two attached hydrogens (primary N) is 1. The highest BCUT2D eigenvalue weighted by molar-refractivity contribution is 7.89. The number of sulfonamides is 1. The maximum atomic E-state index is 12.2. The number of primary sulfonamides is 1. The summed E-state index contributed by atoms with van der Waals surface area (Å²) in [6.07, 6.45) is 3.23. The van der Waals surface area contributed by atoms with Gasteiger partial charge in [0.05, 0.1) is 10.5 Å². The van der Waals surface area contributed by atoms with Gasteiger partial charge in [0.15, 0.2) is 0 Å². The van der Waals surface area contributed by atoms with E-state index >= 15 is 0 Å². The van der Waals surface area contributed by atoms with Crippen LogP contribution in [0.5, 0.6) is 0 Å². The van der Waals surface area contributed by atoms with E-state index in [1.54, 1.807) is 24.4 Å². The summed E-state index contributed by atoms with van der Waals surface area (Å²) in [4.78, 5) is 19.3. The number of nitrogens with zero attached hydrogens (tertiary/aromatic N) is 1. The van der Waals surface area contributed by atoms with Crippen molar-refractivity contribution in [3.8, 4) is 0 Å². The van der Waals surface area contributed by atoms with Crippen LogP contribution in [-0.2, 0) is 16.6 Å². The lowest BCUT2D eigenvalue weighted by molar-refractivity contribution is 0.0950. The van der Waals surface area contributed by atoms with Crippen LogP contribution in [0, 0.1) is 0 Å². The third-order valence-electron chi connectivity index (χ3n) is 3.34. The third kappa shape index (κ3) is 3.38. The normalized spacial score (nSPS) is 11.5. The molecule has 23 heavy (non-hydrogen) atoms. The highest BCUT2D eigenvalue weighted by atomic mass is 32.2. The second kappa shape index (κ2) is 5.82. The molecule has 0 saturated heterocycles. The smallest absolute Gasteiger partial charge is 0.253 e. The van der Waals surface area contributed by atoms with Gasteiger partial charge in [0.25, 0.3) is 5.91 Å². The molecule has 1 amide bonds. The van der Waals surface area contributed by atoms with Crippen molar-refractivity contribution in [3.63, 3.8) is 0 Å². The number of carbonyl (C=O) groups is 1. The van der Waals surface area contributed by atoms with E-state index < -0.39 is 10.0 Å². The SMILES string of the molecule is NS(=O)(=O)c1cccc(CNC(=O)c2cnc3[nH]ccc3c2)c1. The number of carbonyl (C=O) groups excluding carboxylic acids is 1. The molecule has 0 unspecified atom stereocenters. The van der Waals surface area contributed by atoms with E-state index in [4.69, 9.17) is 5.14 Å². The topological polar surface area (TPSA) is 118 Å². The van der Waals surface area contributed by atoms with Gasteiger partial charge in [0, 0.05) is 24.3 Å². The van der Waals surface area contributed by atoms with E-state index in [9.17, 15) is 13.2 Å². The first-order valence-corrected chi connectivity index (χ1v) is 8.31. The van der Waals surface area contributed by atoms with Crippen LogP contribution in [0.1, 0.15) is 15.9 Å². The number of pyridine rings is 1. The van der Waals surface area contributed by atoms with E-state index in [0.29, 0.717) is 16.8 Å². The Hall–Kier alpha value is -2.71. The summed E-state index contributed by atoms with van der Waals surface area (Å²) in [7, 11) is -3.76. The first kappa shape index (κ1) is 15.2. The lowest BCUT2D eigenvalue weighted by Crippen LogP contribution is -2.23. The Bertz CT molecular complexity index is 979. The van der Waals surface area contributed by atoms with Crippen molar-refractivity contribution in [2.45, 2.75) is 11.4 Å². The Morgan fingerprint density at radius 1 is 1.26 bits per heavy atom. The first-order chi connectivity index (χ1) is 10.9. The fourth-order valence-electron chi connectivity index (χ4n) is 2.18. The summed E-state index contributed by atoms with van der Waals surface area (Å²) in [5.74, 6) is -0.290.